The van der Waals surface area contributed by atoms with E-state index in [-0.39, 0.29) is 43.2 Å². The van der Waals surface area contributed by atoms with Gasteiger partial charge in [0.05, 0.1) is 18.8 Å². The van der Waals surface area contributed by atoms with Gasteiger partial charge >= 0.3 is 5.97 Å². The van der Waals surface area contributed by atoms with Crippen molar-refractivity contribution in [2.45, 2.75) is 59.7 Å². The SMILES string of the molecule is CC(=O)OCCOC(C)(OC(C)C)n1cnc2c(OC(C)C)nc(N)nc21. The van der Waals surface area contributed by atoms with Crippen LogP contribution in [0.1, 0.15) is 41.5 Å². The minimum absolute atomic E-state index is 0.0479. The van der Waals surface area contributed by atoms with Crippen LogP contribution in [0.2, 0.25) is 0 Å². The molecule has 2 rings (SSSR count). The number of ether oxygens (including phenoxy) is 4. The fraction of sp³-hybridized carbons (Fsp3) is 0.647. The predicted octanol–water partition coefficient (Wildman–Crippen LogP) is 1.83. The zero-order valence-electron chi connectivity index (χ0n) is 16.6. The minimum atomic E-state index is -1.25. The third-order valence-corrected chi connectivity index (χ3v) is 3.38. The summed E-state index contributed by atoms with van der Waals surface area (Å²) in [7, 11) is 0. The monoisotopic (exact) mass is 381 g/mol. The van der Waals surface area contributed by atoms with Gasteiger partial charge in [-0.3, -0.25) is 9.36 Å². The Hall–Kier alpha value is -2.46. The second-order valence-corrected chi connectivity index (χ2v) is 6.59. The quantitative estimate of drug-likeness (QED) is 0.393. The summed E-state index contributed by atoms with van der Waals surface area (Å²) in [5, 5.41) is 0. The van der Waals surface area contributed by atoms with E-state index in [4.69, 9.17) is 24.7 Å². The maximum absolute atomic E-state index is 10.9. The first kappa shape index (κ1) is 20.8. The van der Waals surface area contributed by atoms with E-state index in [1.165, 1.54) is 13.3 Å². The molecule has 2 heterocycles. The first-order chi connectivity index (χ1) is 12.6. The molecule has 0 amide bonds. The van der Waals surface area contributed by atoms with Gasteiger partial charge in [-0.05, 0) is 27.7 Å². The molecule has 0 aliphatic heterocycles. The number of carbonyl (C=O) groups excluding carboxylic acids is 1. The first-order valence-corrected chi connectivity index (χ1v) is 8.75. The molecule has 0 fully saturated rings. The summed E-state index contributed by atoms with van der Waals surface area (Å²) in [5.41, 5.74) is 6.70. The summed E-state index contributed by atoms with van der Waals surface area (Å²) in [4.78, 5) is 23.7. The Labute approximate surface area is 158 Å². The Morgan fingerprint density at radius 1 is 1.22 bits per heavy atom. The van der Waals surface area contributed by atoms with E-state index >= 15 is 0 Å². The van der Waals surface area contributed by atoms with Crippen LogP contribution in [0.15, 0.2) is 6.33 Å². The number of hydrogen-bond acceptors (Lipinski definition) is 9. The van der Waals surface area contributed by atoms with Crippen molar-refractivity contribution in [1.29, 1.82) is 0 Å². The van der Waals surface area contributed by atoms with Gasteiger partial charge in [0.15, 0.2) is 11.2 Å². The summed E-state index contributed by atoms with van der Waals surface area (Å²) in [5.74, 6) is -1.29. The van der Waals surface area contributed by atoms with Crippen LogP contribution in [0, 0.1) is 0 Å². The number of nitrogen functional groups attached to an aromatic ring is 1. The summed E-state index contributed by atoms with van der Waals surface area (Å²) < 4.78 is 24.1. The van der Waals surface area contributed by atoms with Crippen LogP contribution in [0.5, 0.6) is 5.88 Å². The highest BCUT2D eigenvalue weighted by Crippen LogP contribution is 2.30. The minimum Gasteiger partial charge on any atom is -0.473 e. The summed E-state index contributed by atoms with van der Waals surface area (Å²) in [6.07, 6.45) is 1.26. The number of nitrogens with zero attached hydrogens (tertiary/aromatic N) is 4. The Morgan fingerprint density at radius 2 is 1.93 bits per heavy atom. The highest BCUT2D eigenvalue weighted by atomic mass is 16.7. The molecule has 0 aliphatic rings. The standard InChI is InChI=1S/C17H27N5O5/c1-10(2)26-15-13-14(20-16(18)21-15)22(9-19-13)17(6,27-11(3)4)25-8-7-24-12(5)23/h9-11H,7-8H2,1-6H3,(H2,18,20,21). The van der Waals surface area contributed by atoms with Gasteiger partial charge in [-0.2, -0.15) is 9.97 Å². The molecule has 1 unspecified atom stereocenters. The van der Waals surface area contributed by atoms with Crippen LogP contribution in [0.4, 0.5) is 5.95 Å². The molecule has 10 heteroatoms. The van der Waals surface area contributed by atoms with Crippen molar-refractivity contribution in [3.05, 3.63) is 6.33 Å². The molecule has 0 saturated heterocycles. The van der Waals surface area contributed by atoms with E-state index in [1.807, 2.05) is 27.7 Å². The number of hydrogen-bond donors (Lipinski definition) is 1. The van der Waals surface area contributed by atoms with E-state index < -0.39 is 5.91 Å². The largest absolute Gasteiger partial charge is 0.473 e. The smallest absolute Gasteiger partial charge is 0.302 e. The van der Waals surface area contributed by atoms with E-state index in [1.54, 1.807) is 11.5 Å². The molecule has 27 heavy (non-hydrogen) atoms. The Kier molecular flexibility index (Phi) is 6.55. The Balaban J connectivity index is 2.41. The maximum Gasteiger partial charge on any atom is 0.302 e. The molecular weight excluding hydrogens is 354 g/mol. The molecular formula is C17H27N5O5. The van der Waals surface area contributed by atoms with E-state index in [2.05, 4.69) is 15.0 Å². The van der Waals surface area contributed by atoms with Crippen molar-refractivity contribution in [3.8, 4) is 5.88 Å². The fourth-order valence-corrected chi connectivity index (χ4v) is 2.51. The second-order valence-electron chi connectivity index (χ2n) is 6.59. The van der Waals surface area contributed by atoms with Crippen molar-refractivity contribution < 1.29 is 23.7 Å². The predicted molar refractivity (Wildman–Crippen MR) is 98.0 cm³/mol. The highest BCUT2D eigenvalue weighted by molar-refractivity contribution is 5.77. The van der Waals surface area contributed by atoms with Gasteiger partial charge in [-0.1, -0.05) is 0 Å². The molecule has 150 valence electrons. The summed E-state index contributed by atoms with van der Waals surface area (Å²) >= 11 is 0. The van der Waals surface area contributed by atoms with Crippen molar-refractivity contribution in [1.82, 2.24) is 19.5 Å². The number of nitrogens with two attached hydrogens (primary N) is 1. The average molecular weight is 381 g/mol. The molecule has 0 aromatic carbocycles. The lowest BCUT2D eigenvalue weighted by molar-refractivity contribution is -0.298. The molecule has 2 aromatic rings. The Bertz CT molecular complexity index is 791. The molecule has 2 N–H and O–H groups in total. The molecule has 1 atom stereocenters. The van der Waals surface area contributed by atoms with Crippen molar-refractivity contribution in [2.24, 2.45) is 0 Å². The van der Waals surface area contributed by atoms with Crippen LogP contribution < -0.4 is 10.5 Å². The van der Waals surface area contributed by atoms with E-state index in [0.717, 1.165) is 0 Å². The Morgan fingerprint density at radius 3 is 2.52 bits per heavy atom. The zero-order chi connectivity index (χ0) is 20.2. The van der Waals surface area contributed by atoms with Crippen LogP contribution in [-0.2, 0) is 24.9 Å². The number of fused-ring (bicyclic) bond motifs is 1. The van der Waals surface area contributed by atoms with Crippen LogP contribution in [0.3, 0.4) is 0 Å². The number of aromatic nitrogens is 4. The van der Waals surface area contributed by atoms with Crippen molar-refractivity contribution in [3.63, 3.8) is 0 Å². The lowest BCUT2D eigenvalue weighted by Gasteiger charge is -2.32. The second kappa shape index (κ2) is 8.49. The molecule has 0 bridgehead atoms. The molecule has 0 spiro atoms. The van der Waals surface area contributed by atoms with E-state index in [9.17, 15) is 4.79 Å². The molecule has 0 aliphatic carbocycles. The van der Waals surface area contributed by atoms with Gasteiger partial charge in [0.2, 0.25) is 11.8 Å². The topological polar surface area (TPSA) is 124 Å². The normalized spacial score (nSPS) is 13.9. The van der Waals surface area contributed by atoms with Crippen LogP contribution >= 0.6 is 0 Å². The van der Waals surface area contributed by atoms with Gasteiger partial charge in [0, 0.05) is 13.8 Å². The molecule has 10 nitrogen and oxygen atoms in total. The lowest BCUT2D eigenvalue weighted by atomic mass is 10.4. The van der Waals surface area contributed by atoms with E-state index in [0.29, 0.717) is 11.2 Å². The average Bonchev–Trinajstić information content (AvgIpc) is 2.94. The van der Waals surface area contributed by atoms with Crippen LogP contribution in [-0.4, -0.2) is 50.9 Å². The number of imidazole rings is 1. The number of rotatable bonds is 9. The number of anilines is 1. The molecule has 2 aromatic heterocycles. The fourth-order valence-electron chi connectivity index (χ4n) is 2.51. The highest BCUT2D eigenvalue weighted by Gasteiger charge is 2.33. The molecule has 0 saturated carbocycles. The van der Waals surface area contributed by atoms with Gasteiger partial charge < -0.3 is 24.7 Å². The van der Waals surface area contributed by atoms with Gasteiger partial charge in [0.1, 0.15) is 12.9 Å². The van der Waals surface area contributed by atoms with Gasteiger partial charge in [-0.15, -0.1) is 0 Å². The summed E-state index contributed by atoms with van der Waals surface area (Å²) in [6, 6.07) is 0. The summed E-state index contributed by atoms with van der Waals surface area (Å²) in [6.45, 7) is 10.8. The lowest BCUT2D eigenvalue weighted by Crippen LogP contribution is -2.39. The third-order valence-electron chi connectivity index (χ3n) is 3.38. The number of esters is 1. The maximum atomic E-state index is 10.9. The first-order valence-electron chi connectivity index (χ1n) is 8.75. The van der Waals surface area contributed by atoms with Gasteiger partial charge in [-0.25, -0.2) is 4.98 Å². The van der Waals surface area contributed by atoms with Gasteiger partial charge in [0.25, 0.3) is 5.91 Å². The van der Waals surface area contributed by atoms with Crippen molar-refractivity contribution >= 4 is 23.1 Å². The third kappa shape index (κ3) is 5.27. The van der Waals surface area contributed by atoms with Crippen LogP contribution in [0.25, 0.3) is 11.2 Å². The molecule has 0 radical (unpaired) electrons. The van der Waals surface area contributed by atoms with Crippen molar-refractivity contribution in [2.75, 3.05) is 18.9 Å². The zero-order valence-corrected chi connectivity index (χ0v) is 16.6. The number of carbonyl (C=O) groups is 1.